The molecule has 0 radical (unpaired) electrons. The van der Waals surface area contributed by atoms with Crippen LogP contribution in [0.3, 0.4) is 0 Å². The number of nitrogens with zero attached hydrogens (tertiary/aromatic N) is 12. The molecule has 0 saturated carbocycles. The van der Waals surface area contributed by atoms with E-state index >= 15 is 0 Å². The van der Waals surface area contributed by atoms with Gasteiger partial charge in [0.1, 0.15) is 5.52 Å². The highest BCUT2D eigenvalue weighted by atomic mass is 15.2. The summed E-state index contributed by atoms with van der Waals surface area (Å²) in [5.41, 5.74) is 27.7. The van der Waals surface area contributed by atoms with E-state index in [9.17, 15) is 0 Å². The van der Waals surface area contributed by atoms with Crippen LogP contribution in [0.2, 0.25) is 0 Å². The zero-order valence-electron chi connectivity index (χ0n) is 73.5. The van der Waals surface area contributed by atoms with Crippen LogP contribution in [0.15, 0.2) is 480 Å². The number of hydrogen-bond acceptors (Lipinski definition) is 5. The number of fused-ring (bicyclic) bond motifs is 24. The van der Waals surface area contributed by atoms with Crippen molar-refractivity contribution < 1.29 is 4.40 Å². The lowest BCUT2D eigenvalue weighted by Gasteiger charge is -2.15. The molecule has 0 unspecified atom stereocenters. The SMILES string of the molecule is c1ccc(-c2ccc(-c3nc(-c4cccc(-n5c6ccccc6c6cc7c(ccn7-c7ccccc7)cc65)c4)nc4ccccc34)c3ccccc23)cc1.c1ccc(-n2ccc3c4c5ccccc5n(-c5ncc6ccccc6n5)c4ccc32)cc1.c1ccc(-n2ccc3cc4c(cc32)c2ccccc2n4-c2cccc(-c3nc4ccccc4c4c5ccccc5c5ccccc5[n+]34)c2)cc1. The van der Waals surface area contributed by atoms with Crippen LogP contribution >= 0.6 is 0 Å². The molecule has 29 rings (SSSR count). The fraction of sp³-hybridized carbons (Fsp3) is 0. The van der Waals surface area contributed by atoms with Crippen LogP contribution in [0, 0.1) is 0 Å². The Balaban J connectivity index is 0.000000107. The fourth-order valence-corrected chi connectivity index (χ4v) is 21.2. The molecule has 19 aromatic carbocycles. The Kier molecular flexibility index (Phi) is 18.0. The summed E-state index contributed by atoms with van der Waals surface area (Å²) < 4.78 is 16.1. The van der Waals surface area contributed by atoms with Crippen molar-refractivity contribution in [2.45, 2.75) is 0 Å². The molecule has 136 heavy (non-hydrogen) atoms. The van der Waals surface area contributed by atoms with Gasteiger partial charge in [-0.2, -0.15) is 4.40 Å². The quantitative estimate of drug-likeness (QED) is 0.100. The van der Waals surface area contributed by atoms with E-state index in [4.69, 9.17) is 24.9 Å². The van der Waals surface area contributed by atoms with Crippen molar-refractivity contribution >= 4 is 169 Å². The Labute approximate surface area is 779 Å². The molecule has 0 amide bonds. The number of pyridine rings is 1. The lowest BCUT2D eigenvalue weighted by molar-refractivity contribution is -0.469. The van der Waals surface area contributed by atoms with Crippen molar-refractivity contribution in [3.8, 4) is 79.5 Å². The average Bonchev–Trinajstić information content (AvgIpc) is 1.15. The largest absolute Gasteiger partial charge is 0.336 e. The van der Waals surface area contributed by atoms with E-state index in [1.807, 2.05) is 36.5 Å². The fourth-order valence-electron chi connectivity index (χ4n) is 21.2. The van der Waals surface area contributed by atoms with Crippen LogP contribution in [0.4, 0.5) is 0 Å². The monoisotopic (exact) mass is 1740 g/mol. The maximum Gasteiger partial charge on any atom is 0.336 e. The minimum absolute atomic E-state index is 0.691. The molecule has 0 fully saturated rings. The molecule has 29 aromatic rings. The van der Waals surface area contributed by atoms with Crippen molar-refractivity contribution in [3.63, 3.8) is 0 Å². The third-order valence-corrected chi connectivity index (χ3v) is 27.3. The molecule has 0 spiro atoms. The van der Waals surface area contributed by atoms with E-state index in [1.54, 1.807) is 0 Å². The van der Waals surface area contributed by atoms with Gasteiger partial charge in [0.25, 0.3) is 0 Å². The normalized spacial score (nSPS) is 11.8. The predicted octanol–water partition coefficient (Wildman–Crippen LogP) is 30.5. The second-order valence-electron chi connectivity index (χ2n) is 34.9. The van der Waals surface area contributed by atoms with Crippen LogP contribution in [0.25, 0.3) is 248 Å². The molecule has 0 bridgehead atoms. The van der Waals surface area contributed by atoms with E-state index in [-0.39, 0.29) is 0 Å². The van der Waals surface area contributed by atoms with Crippen molar-refractivity contribution in [2.75, 3.05) is 0 Å². The highest BCUT2D eigenvalue weighted by Gasteiger charge is 2.28. The third-order valence-electron chi connectivity index (χ3n) is 27.3. The second-order valence-corrected chi connectivity index (χ2v) is 34.9. The molecule has 0 atom stereocenters. The first kappa shape index (κ1) is 77.4. The number of rotatable bonds is 10. The van der Waals surface area contributed by atoms with Crippen molar-refractivity contribution in [2.24, 2.45) is 0 Å². The van der Waals surface area contributed by atoms with Gasteiger partial charge in [-0.3, -0.25) is 4.57 Å². The molecular weight excluding hydrogens is 1660 g/mol. The van der Waals surface area contributed by atoms with Crippen molar-refractivity contribution in [1.82, 2.24) is 52.3 Å². The molecule has 12 nitrogen and oxygen atoms in total. The number of hydrogen-bond donors (Lipinski definition) is 0. The van der Waals surface area contributed by atoms with Gasteiger partial charge < -0.3 is 22.8 Å². The van der Waals surface area contributed by atoms with Crippen LogP contribution in [0.5, 0.6) is 0 Å². The van der Waals surface area contributed by atoms with Gasteiger partial charge in [0, 0.05) is 134 Å². The smallest absolute Gasteiger partial charge is 0.317 e. The van der Waals surface area contributed by atoms with Gasteiger partial charge >= 0.3 is 5.82 Å². The minimum Gasteiger partial charge on any atom is -0.317 e. The molecule has 12 heteroatoms. The van der Waals surface area contributed by atoms with Gasteiger partial charge in [0.05, 0.1) is 77.3 Å². The van der Waals surface area contributed by atoms with Crippen LogP contribution < -0.4 is 4.40 Å². The molecular formula is C124H79N12+. The summed E-state index contributed by atoms with van der Waals surface area (Å²) in [5, 5.41) is 20.2. The first-order valence-corrected chi connectivity index (χ1v) is 46.1. The lowest BCUT2D eigenvalue weighted by Crippen LogP contribution is -2.28. The first-order valence-electron chi connectivity index (χ1n) is 46.1. The molecule has 0 aliphatic rings. The van der Waals surface area contributed by atoms with Gasteiger partial charge in [-0.15, -0.1) is 0 Å². The standard InChI is InChI=1S/C50H32N4.C46H29N4.C28H18N4/c1-3-14-33(15-4-1)38-26-27-42(40-21-8-7-20-39(38)40)49-43-23-9-11-24-45(43)51-50(52-49)35-16-13-19-37(30-35)54-46-25-12-10-22-41(46)44-32-47-34(31-48(44)54)28-29-53(47)36-17-5-2-6-18-36;1-2-14-32(15-3-1)48-26-25-30-28-44-39(29-43(30)48)36-19-8-10-23-41(36)49(44)33-16-12-13-31(27-33)46-47-40-22-9-6-21-38(40)45-37-20-5-4-17-34(37)35-18-7-11-24-42(35)50(45)46;1-2-9-20(10-3-1)31-17-16-22-24(31)14-15-26-27(22)21-11-5-7-13-25(21)32(26)28-29-18-19-8-4-6-12-23(19)30-28/h1-32H;1-29H;1-18H/q;+1;. The summed E-state index contributed by atoms with van der Waals surface area (Å²) in [6.45, 7) is 0. The lowest BCUT2D eigenvalue weighted by atomic mass is 9.93. The van der Waals surface area contributed by atoms with Gasteiger partial charge in [0.15, 0.2) is 16.9 Å². The van der Waals surface area contributed by atoms with E-state index in [1.165, 1.54) is 120 Å². The highest BCUT2D eigenvalue weighted by Crippen LogP contribution is 2.45. The van der Waals surface area contributed by atoms with Crippen molar-refractivity contribution in [1.29, 1.82) is 0 Å². The van der Waals surface area contributed by atoms with Gasteiger partial charge in [-0.25, -0.2) is 19.9 Å². The van der Waals surface area contributed by atoms with Crippen molar-refractivity contribution in [3.05, 3.63) is 480 Å². The summed E-state index contributed by atoms with van der Waals surface area (Å²) in [4.78, 5) is 25.6. The summed E-state index contributed by atoms with van der Waals surface area (Å²) in [5.74, 6) is 2.31. The van der Waals surface area contributed by atoms with Crippen LogP contribution in [-0.2, 0) is 0 Å². The first-order chi connectivity index (χ1) is 67.5. The van der Waals surface area contributed by atoms with Crippen LogP contribution in [0.1, 0.15) is 0 Å². The maximum absolute atomic E-state index is 5.40. The van der Waals surface area contributed by atoms with E-state index in [2.05, 4.69) is 475 Å². The van der Waals surface area contributed by atoms with Gasteiger partial charge in [-0.1, -0.05) is 285 Å². The molecule has 0 aliphatic carbocycles. The number of aromatic nitrogens is 12. The Hall–Kier alpha value is -18.5. The average molecular weight is 1740 g/mol. The number of benzene rings is 19. The summed E-state index contributed by atoms with van der Waals surface area (Å²) >= 11 is 0. The molecule has 10 aromatic heterocycles. The molecule has 0 N–H and O–H groups in total. The molecule has 0 saturated heterocycles. The second kappa shape index (κ2) is 31.7. The van der Waals surface area contributed by atoms with Gasteiger partial charge in [-0.05, 0) is 202 Å². The Bertz CT molecular complexity index is 9890. The summed E-state index contributed by atoms with van der Waals surface area (Å²) in [6.07, 6.45) is 8.40. The molecule has 0 aliphatic heterocycles. The van der Waals surface area contributed by atoms with E-state index in [0.29, 0.717) is 11.8 Å². The Morgan fingerprint density at radius 1 is 0.213 bits per heavy atom. The topological polar surface area (TPSA) is 98.1 Å². The summed E-state index contributed by atoms with van der Waals surface area (Å²) in [6, 6.07) is 162. The van der Waals surface area contributed by atoms with Crippen LogP contribution in [-0.4, -0.2) is 52.3 Å². The zero-order valence-corrected chi connectivity index (χ0v) is 73.5. The molecule has 10 heterocycles. The zero-order chi connectivity index (χ0) is 89.4. The predicted molar refractivity (Wildman–Crippen MR) is 562 cm³/mol. The Morgan fingerprint density at radius 2 is 0.654 bits per heavy atom. The van der Waals surface area contributed by atoms with E-state index < -0.39 is 0 Å². The Morgan fingerprint density at radius 3 is 1.29 bits per heavy atom. The minimum atomic E-state index is 0.691. The maximum atomic E-state index is 5.40. The van der Waals surface area contributed by atoms with Gasteiger partial charge in [0.2, 0.25) is 5.95 Å². The summed E-state index contributed by atoms with van der Waals surface area (Å²) in [7, 11) is 0. The molecule has 634 valence electrons. The van der Waals surface area contributed by atoms with E-state index in [0.717, 1.165) is 117 Å². The third kappa shape index (κ3) is 12.6. The number of para-hydroxylation sites is 10. The highest BCUT2D eigenvalue weighted by molar-refractivity contribution is 6.22.